The molecule has 2 nitrogen and oxygen atoms in total. The van der Waals surface area contributed by atoms with Crippen LogP contribution in [0.1, 0.15) is 143 Å². The highest BCUT2D eigenvalue weighted by Gasteiger charge is 2.25. The minimum Gasteiger partial charge on any atom is -0.507 e. The summed E-state index contributed by atoms with van der Waals surface area (Å²) < 4.78 is 0. The number of thioether (sulfide) groups is 1. The first-order valence-electron chi connectivity index (χ1n) is 13.7. The quantitative estimate of drug-likeness (QED) is 0.375. The molecule has 0 amide bonds. The third-order valence-corrected chi connectivity index (χ3v) is 9.45. The molecular weight excluding hydrogens is 436 g/mol. The third kappa shape index (κ3) is 5.61. The summed E-state index contributed by atoms with van der Waals surface area (Å²) >= 11 is 1.89. The number of benzene rings is 2. The highest BCUT2D eigenvalue weighted by Crippen LogP contribution is 2.44. The lowest BCUT2D eigenvalue weighted by Gasteiger charge is -2.21. The first-order chi connectivity index (χ1) is 16.4. The van der Waals surface area contributed by atoms with Crippen LogP contribution in [0.4, 0.5) is 0 Å². The molecule has 2 aromatic rings. The van der Waals surface area contributed by atoms with E-state index in [0.717, 1.165) is 29.1 Å². The van der Waals surface area contributed by atoms with Gasteiger partial charge in [0.1, 0.15) is 11.5 Å². The van der Waals surface area contributed by atoms with Crippen LogP contribution in [0.5, 0.6) is 11.5 Å². The average molecular weight is 481 g/mol. The van der Waals surface area contributed by atoms with E-state index >= 15 is 0 Å². The molecule has 0 bridgehead atoms. The van der Waals surface area contributed by atoms with Gasteiger partial charge in [0, 0.05) is 17.1 Å². The molecule has 186 valence electrons. The molecule has 0 spiro atoms. The number of phenolic OH excluding ortho intramolecular Hbond substituents is 2. The Kier molecular flexibility index (Phi) is 8.56. The number of hydrogen-bond donors (Lipinski definition) is 2. The van der Waals surface area contributed by atoms with Crippen molar-refractivity contribution in [2.45, 2.75) is 121 Å². The summed E-state index contributed by atoms with van der Waals surface area (Å²) in [6.07, 6.45) is 11.0. The van der Waals surface area contributed by atoms with Crippen molar-refractivity contribution in [3.05, 3.63) is 57.6 Å². The zero-order chi connectivity index (χ0) is 24.2. The number of rotatable bonds is 9. The van der Waals surface area contributed by atoms with E-state index in [0.29, 0.717) is 35.2 Å². The second-order valence-corrected chi connectivity index (χ2v) is 12.1. The number of phenols is 2. The minimum atomic E-state index is 0.367. The number of aromatic hydroxyl groups is 2. The molecule has 0 aliphatic heterocycles. The van der Waals surface area contributed by atoms with Crippen LogP contribution in [-0.2, 0) is 11.5 Å². The lowest BCUT2D eigenvalue weighted by molar-refractivity contribution is 0.448. The third-order valence-electron chi connectivity index (χ3n) is 8.40. The summed E-state index contributed by atoms with van der Waals surface area (Å²) in [6.45, 7) is 8.93. The van der Waals surface area contributed by atoms with Crippen molar-refractivity contribution in [1.29, 1.82) is 0 Å². The Morgan fingerprint density at radius 3 is 1.94 bits per heavy atom. The fourth-order valence-corrected chi connectivity index (χ4v) is 6.93. The fourth-order valence-electron chi connectivity index (χ4n) is 5.99. The molecule has 2 aliphatic carbocycles. The Hall–Kier alpha value is -1.61. The maximum Gasteiger partial charge on any atom is 0.123 e. The normalized spacial score (nSPS) is 18.3. The smallest absolute Gasteiger partial charge is 0.123 e. The molecule has 2 N–H and O–H groups in total. The van der Waals surface area contributed by atoms with E-state index in [4.69, 9.17) is 0 Å². The van der Waals surface area contributed by atoms with Crippen molar-refractivity contribution < 1.29 is 10.2 Å². The summed E-state index contributed by atoms with van der Waals surface area (Å²) in [5.74, 6) is 4.69. The average Bonchev–Trinajstić information content (AvgIpc) is 3.55. The van der Waals surface area contributed by atoms with Gasteiger partial charge in [0.2, 0.25) is 0 Å². The molecule has 0 saturated heterocycles. The zero-order valence-electron chi connectivity index (χ0n) is 21.7. The first-order valence-corrected chi connectivity index (χ1v) is 14.8. The van der Waals surface area contributed by atoms with Crippen molar-refractivity contribution in [1.82, 2.24) is 0 Å². The molecule has 2 fully saturated rings. The highest BCUT2D eigenvalue weighted by atomic mass is 32.2. The molecule has 1 unspecified atom stereocenters. The summed E-state index contributed by atoms with van der Waals surface area (Å²) in [5.41, 5.74) is 7.24. The topological polar surface area (TPSA) is 40.5 Å². The van der Waals surface area contributed by atoms with Gasteiger partial charge in [-0.15, -0.1) is 0 Å². The molecule has 2 aliphatic rings. The van der Waals surface area contributed by atoms with Crippen molar-refractivity contribution in [3.8, 4) is 11.5 Å². The van der Waals surface area contributed by atoms with Crippen molar-refractivity contribution in [3.63, 3.8) is 0 Å². The summed E-state index contributed by atoms with van der Waals surface area (Å²) in [6, 6.07) is 9.02. The summed E-state index contributed by atoms with van der Waals surface area (Å²) in [5, 5.41) is 22.3. The molecule has 1 atom stereocenters. The zero-order valence-corrected chi connectivity index (χ0v) is 22.5. The van der Waals surface area contributed by atoms with Gasteiger partial charge in [0.15, 0.2) is 0 Å². The minimum absolute atomic E-state index is 0.367. The Labute approximate surface area is 211 Å². The summed E-state index contributed by atoms with van der Waals surface area (Å²) in [4.78, 5) is 0. The predicted molar refractivity (Wildman–Crippen MR) is 146 cm³/mol. The van der Waals surface area contributed by atoms with Gasteiger partial charge in [0.05, 0.1) is 0 Å². The SMILES string of the molecule is CCC(C)c1cc(CSCc2cc(C(C)C)cc(C3CCCC3)c2O)cc(C2CCCC2)c1O. The first kappa shape index (κ1) is 25.5. The van der Waals surface area contributed by atoms with E-state index in [9.17, 15) is 10.2 Å². The van der Waals surface area contributed by atoms with Gasteiger partial charge < -0.3 is 10.2 Å². The van der Waals surface area contributed by atoms with Crippen LogP contribution >= 0.6 is 11.8 Å². The van der Waals surface area contributed by atoms with E-state index in [-0.39, 0.29) is 0 Å². The molecular formula is C31H44O2S. The second kappa shape index (κ2) is 11.4. The van der Waals surface area contributed by atoms with Crippen molar-refractivity contribution in [2.75, 3.05) is 0 Å². The van der Waals surface area contributed by atoms with Crippen LogP contribution in [0.2, 0.25) is 0 Å². The standard InChI is InChI=1S/C31H44O2S/c1-5-21(4)27-14-22(15-28(31(27)33)23-10-6-7-11-23)18-34-19-26-16-25(20(2)3)17-29(30(26)32)24-12-8-9-13-24/h14-17,20-21,23-24,32-33H,5-13,18-19H2,1-4H3. The largest absolute Gasteiger partial charge is 0.507 e. The maximum atomic E-state index is 11.2. The van der Waals surface area contributed by atoms with E-state index in [1.54, 1.807) is 0 Å². The Bertz CT molecular complexity index is 968. The van der Waals surface area contributed by atoms with Crippen molar-refractivity contribution >= 4 is 11.8 Å². The van der Waals surface area contributed by atoms with Gasteiger partial charge in [0.25, 0.3) is 0 Å². The molecule has 3 heteroatoms. The van der Waals surface area contributed by atoms with E-state index in [1.165, 1.54) is 73.6 Å². The van der Waals surface area contributed by atoms with Gasteiger partial charge in [-0.25, -0.2) is 0 Å². The van der Waals surface area contributed by atoms with Gasteiger partial charge in [-0.1, -0.05) is 77.6 Å². The second-order valence-electron chi connectivity index (χ2n) is 11.2. The highest BCUT2D eigenvalue weighted by molar-refractivity contribution is 7.97. The van der Waals surface area contributed by atoms with E-state index < -0.39 is 0 Å². The van der Waals surface area contributed by atoms with Crippen LogP contribution in [-0.4, -0.2) is 10.2 Å². The maximum absolute atomic E-state index is 11.2. The van der Waals surface area contributed by atoms with Gasteiger partial charge >= 0.3 is 0 Å². The Balaban J connectivity index is 1.55. The molecule has 2 aromatic carbocycles. The van der Waals surface area contributed by atoms with Gasteiger partial charge in [-0.3, -0.25) is 0 Å². The van der Waals surface area contributed by atoms with Crippen LogP contribution in [0.25, 0.3) is 0 Å². The Morgan fingerprint density at radius 1 is 0.794 bits per heavy atom. The Morgan fingerprint density at radius 2 is 1.38 bits per heavy atom. The monoisotopic (exact) mass is 480 g/mol. The van der Waals surface area contributed by atoms with Gasteiger partial charge in [-0.05, 0) is 83.6 Å². The molecule has 4 rings (SSSR count). The number of hydrogen-bond acceptors (Lipinski definition) is 3. The lowest BCUT2D eigenvalue weighted by atomic mass is 9.88. The van der Waals surface area contributed by atoms with E-state index in [2.05, 4.69) is 52.0 Å². The molecule has 0 aromatic heterocycles. The van der Waals surface area contributed by atoms with Crippen molar-refractivity contribution in [2.24, 2.45) is 0 Å². The summed E-state index contributed by atoms with van der Waals surface area (Å²) in [7, 11) is 0. The molecule has 34 heavy (non-hydrogen) atoms. The molecule has 0 radical (unpaired) electrons. The van der Waals surface area contributed by atoms with Gasteiger partial charge in [-0.2, -0.15) is 11.8 Å². The van der Waals surface area contributed by atoms with Crippen LogP contribution in [0.3, 0.4) is 0 Å². The predicted octanol–water partition coefficient (Wildman–Crippen LogP) is 9.48. The van der Waals surface area contributed by atoms with Crippen LogP contribution < -0.4 is 0 Å². The lowest BCUT2D eigenvalue weighted by Crippen LogP contribution is -2.02. The molecule has 0 heterocycles. The van der Waals surface area contributed by atoms with E-state index in [1.807, 2.05) is 11.8 Å². The fraction of sp³-hybridized carbons (Fsp3) is 0.613. The molecule has 2 saturated carbocycles. The van der Waals surface area contributed by atoms with Crippen LogP contribution in [0, 0.1) is 0 Å². The van der Waals surface area contributed by atoms with Crippen LogP contribution in [0.15, 0.2) is 24.3 Å².